The number of thiophene rings is 1. The predicted molar refractivity (Wildman–Crippen MR) is 102 cm³/mol. The first-order chi connectivity index (χ1) is 12.6. The molecule has 0 radical (unpaired) electrons. The largest absolute Gasteiger partial charge is 1.00 e. The molecule has 28 heavy (non-hydrogen) atoms. The molecule has 3 aromatic heterocycles. The SMILES string of the molecule is Cc1nc(Cl)c(Cl)n1Cc1sc2c(c1C(=O)[O-])c(=O)n(C)c(=O)n2C(C)C.[Na+]. The van der Waals surface area contributed by atoms with E-state index in [1.807, 2.05) is 0 Å². The zero-order valence-corrected chi connectivity index (χ0v) is 20.2. The van der Waals surface area contributed by atoms with E-state index in [0.717, 1.165) is 15.9 Å². The van der Waals surface area contributed by atoms with Crippen LogP contribution in [-0.4, -0.2) is 24.7 Å². The summed E-state index contributed by atoms with van der Waals surface area (Å²) >= 11 is 13.1. The molecule has 12 heteroatoms. The Kier molecular flexibility index (Phi) is 6.90. The van der Waals surface area contributed by atoms with E-state index in [1.165, 1.54) is 16.2 Å². The maximum Gasteiger partial charge on any atom is 1.00 e. The van der Waals surface area contributed by atoms with Crippen LogP contribution in [0.15, 0.2) is 9.59 Å². The Morgan fingerprint density at radius 1 is 1.29 bits per heavy atom. The molecule has 0 atom stereocenters. The summed E-state index contributed by atoms with van der Waals surface area (Å²) in [7, 11) is 1.32. The monoisotopic (exact) mass is 452 g/mol. The number of hydrogen-bond acceptors (Lipinski definition) is 6. The van der Waals surface area contributed by atoms with Gasteiger partial charge in [-0.3, -0.25) is 13.9 Å². The molecule has 144 valence electrons. The number of aryl methyl sites for hydroxylation is 1. The van der Waals surface area contributed by atoms with Gasteiger partial charge in [-0.1, -0.05) is 23.2 Å². The van der Waals surface area contributed by atoms with E-state index in [4.69, 9.17) is 23.2 Å². The van der Waals surface area contributed by atoms with Crippen molar-refractivity contribution < 1.29 is 39.5 Å². The fourth-order valence-electron chi connectivity index (χ4n) is 2.95. The fraction of sp³-hybridized carbons (Fsp3) is 0.375. The molecule has 0 N–H and O–H groups in total. The summed E-state index contributed by atoms with van der Waals surface area (Å²) < 4.78 is 3.83. The molecule has 0 unspecified atom stereocenters. The number of hydrogen-bond donors (Lipinski definition) is 0. The number of carbonyl (C=O) groups excluding carboxylic acids is 1. The van der Waals surface area contributed by atoms with Crippen LogP contribution in [0.3, 0.4) is 0 Å². The minimum absolute atomic E-state index is 0. The van der Waals surface area contributed by atoms with Gasteiger partial charge in [0.25, 0.3) is 5.56 Å². The summed E-state index contributed by atoms with van der Waals surface area (Å²) in [6.07, 6.45) is 0. The standard InChI is InChI=1S/C16H16Cl2N4O4S.Na/c1-6(2)22-14-10(13(23)20(4)16(22)26)9(15(24)25)8(27-14)5-21-7(3)19-11(17)12(21)18;/h6H,5H2,1-4H3,(H,24,25);/q;+1/p-1. The van der Waals surface area contributed by atoms with Crippen LogP contribution >= 0.6 is 34.5 Å². The second-order valence-electron chi connectivity index (χ2n) is 6.31. The van der Waals surface area contributed by atoms with Gasteiger partial charge in [-0.05, 0) is 20.8 Å². The van der Waals surface area contributed by atoms with Gasteiger partial charge < -0.3 is 14.5 Å². The van der Waals surface area contributed by atoms with E-state index in [-0.39, 0.29) is 68.2 Å². The second-order valence-corrected chi connectivity index (χ2v) is 8.10. The van der Waals surface area contributed by atoms with E-state index < -0.39 is 17.2 Å². The van der Waals surface area contributed by atoms with Crippen LogP contribution in [0.5, 0.6) is 0 Å². The molecule has 0 saturated carbocycles. The molecular weight excluding hydrogens is 438 g/mol. The quantitative estimate of drug-likeness (QED) is 0.451. The molecule has 0 bridgehead atoms. The Balaban J connectivity index is 0.00000280. The average molecular weight is 453 g/mol. The van der Waals surface area contributed by atoms with Crippen molar-refractivity contribution in [2.24, 2.45) is 7.05 Å². The Labute approximate surface area is 195 Å². The second kappa shape index (κ2) is 8.33. The fourth-order valence-corrected chi connectivity index (χ4v) is 4.79. The average Bonchev–Trinajstić information content (AvgIpc) is 3.05. The maximum absolute atomic E-state index is 12.7. The van der Waals surface area contributed by atoms with Crippen molar-refractivity contribution >= 4 is 50.7 Å². The molecule has 0 aromatic carbocycles. The van der Waals surface area contributed by atoms with E-state index in [2.05, 4.69) is 4.98 Å². The van der Waals surface area contributed by atoms with Crippen molar-refractivity contribution in [2.45, 2.75) is 33.4 Å². The summed E-state index contributed by atoms with van der Waals surface area (Å²) in [6, 6.07) is -0.277. The third-order valence-corrected chi connectivity index (χ3v) is 6.19. The minimum atomic E-state index is -1.50. The van der Waals surface area contributed by atoms with Crippen molar-refractivity contribution in [2.75, 3.05) is 0 Å². The van der Waals surface area contributed by atoms with E-state index in [9.17, 15) is 19.5 Å². The number of aromatic nitrogens is 4. The first kappa shape index (κ1) is 23.2. The summed E-state index contributed by atoms with van der Waals surface area (Å²) in [5.74, 6) is -1.01. The third-order valence-electron chi connectivity index (χ3n) is 4.27. The van der Waals surface area contributed by atoms with Crippen LogP contribution < -0.4 is 45.9 Å². The van der Waals surface area contributed by atoms with E-state index in [0.29, 0.717) is 10.7 Å². The van der Waals surface area contributed by atoms with Crippen molar-refractivity contribution in [1.82, 2.24) is 18.7 Å². The van der Waals surface area contributed by atoms with Crippen molar-refractivity contribution in [3.8, 4) is 0 Å². The smallest absolute Gasteiger partial charge is 0.545 e. The zero-order chi connectivity index (χ0) is 20.2. The number of nitrogens with zero attached hydrogens (tertiary/aromatic N) is 4. The van der Waals surface area contributed by atoms with E-state index in [1.54, 1.807) is 20.8 Å². The third kappa shape index (κ3) is 3.59. The Hall–Kier alpha value is -1.10. The summed E-state index contributed by atoms with van der Waals surface area (Å²) in [5, 5.41) is 12.1. The number of carboxylic acid groups (broad SMARTS) is 1. The minimum Gasteiger partial charge on any atom is -0.545 e. The van der Waals surface area contributed by atoms with Gasteiger partial charge in [0, 0.05) is 23.5 Å². The van der Waals surface area contributed by atoms with Gasteiger partial charge in [-0.25, -0.2) is 9.78 Å². The molecule has 0 fully saturated rings. The zero-order valence-electron chi connectivity index (χ0n) is 15.9. The van der Waals surface area contributed by atoms with Crippen molar-refractivity contribution in [3.05, 3.63) is 47.4 Å². The first-order valence-corrected chi connectivity index (χ1v) is 9.49. The van der Waals surface area contributed by atoms with Gasteiger partial charge in [-0.2, -0.15) is 0 Å². The normalized spacial score (nSPS) is 11.2. The van der Waals surface area contributed by atoms with Crippen molar-refractivity contribution in [1.29, 1.82) is 0 Å². The van der Waals surface area contributed by atoms with Crippen LogP contribution in [-0.2, 0) is 13.6 Å². The van der Waals surface area contributed by atoms with Gasteiger partial charge in [0.1, 0.15) is 15.8 Å². The van der Waals surface area contributed by atoms with Gasteiger partial charge >= 0.3 is 35.2 Å². The predicted octanol–water partition coefficient (Wildman–Crippen LogP) is -1.43. The van der Waals surface area contributed by atoms with Crippen LogP contribution in [0.25, 0.3) is 10.2 Å². The summed E-state index contributed by atoms with van der Waals surface area (Å²) in [5.41, 5.74) is -1.44. The molecule has 0 aliphatic heterocycles. The van der Waals surface area contributed by atoms with Crippen LogP contribution in [0.2, 0.25) is 10.3 Å². The Bertz CT molecular complexity index is 1210. The summed E-state index contributed by atoms with van der Waals surface area (Å²) in [4.78, 5) is 41.7. The van der Waals surface area contributed by atoms with Crippen LogP contribution in [0.4, 0.5) is 0 Å². The molecule has 0 saturated heterocycles. The van der Waals surface area contributed by atoms with E-state index >= 15 is 0 Å². The van der Waals surface area contributed by atoms with Crippen LogP contribution in [0, 0.1) is 6.92 Å². The maximum atomic E-state index is 12.7. The van der Waals surface area contributed by atoms with Gasteiger partial charge in [0.2, 0.25) is 0 Å². The molecule has 0 aliphatic rings. The Morgan fingerprint density at radius 3 is 2.36 bits per heavy atom. The summed E-state index contributed by atoms with van der Waals surface area (Å²) in [6.45, 7) is 5.26. The molecule has 8 nitrogen and oxygen atoms in total. The van der Waals surface area contributed by atoms with Crippen LogP contribution in [0.1, 0.15) is 40.9 Å². The van der Waals surface area contributed by atoms with Gasteiger partial charge in [0.15, 0.2) is 5.15 Å². The number of fused-ring (bicyclic) bond motifs is 1. The molecule has 0 spiro atoms. The molecular formula is C16H15Cl2N4NaO4S. The van der Waals surface area contributed by atoms with Crippen molar-refractivity contribution in [3.63, 3.8) is 0 Å². The number of halogens is 2. The molecule has 0 amide bonds. The molecule has 3 aromatic rings. The number of imidazole rings is 1. The molecule has 0 aliphatic carbocycles. The number of carbonyl (C=O) groups is 1. The number of carboxylic acids is 1. The topological polar surface area (TPSA) is 102 Å². The number of rotatable bonds is 4. The Morgan fingerprint density at radius 2 is 1.89 bits per heavy atom. The van der Waals surface area contributed by atoms with Gasteiger partial charge in [0.05, 0.1) is 17.9 Å². The first-order valence-electron chi connectivity index (χ1n) is 7.92. The van der Waals surface area contributed by atoms with Gasteiger partial charge in [-0.15, -0.1) is 11.3 Å². The molecule has 3 heterocycles. The molecule has 3 rings (SSSR count). The number of aromatic carboxylic acids is 1.